The quantitative estimate of drug-likeness (QED) is 0.481. The fraction of sp³-hybridized carbons (Fsp3) is 0.333. The lowest BCUT2D eigenvalue weighted by Gasteiger charge is -2.32. The van der Waals surface area contributed by atoms with E-state index in [9.17, 15) is 13.2 Å². The van der Waals surface area contributed by atoms with Crippen LogP contribution in [0.5, 0.6) is 0 Å². The summed E-state index contributed by atoms with van der Waals surface area (Å²) >= 11 is 12.2. The molecule has 0 heterocycles. The van der Waals surface area contributed by atoms with Crippen LogP contribution in [-0.2, 0) is 14.8 Å². The summed E-state index contributed by atoms with van der Waals surface area (Å²) in [5.74, 6) is -0.528. The summed E-state index contributed by atoms with van der Waals surface area (Å²) < 4.78 is 27.7. The molecule has 2 aromatic rings. The third-order valence-electron chi connectivity index (χ3n) is 5.01. The zero-order valence-corrected chi connectivity index (χ0v) is 18.6. The Kier molecular flexibility index (Phi) is 7.88. The maximum atomic E-state index is 13.2. The van der Waals surface area contributed by atoms with Crippen molar-refractivity contribution in [3.8, 4) is 0 Å². The number of carbonyl (C=O) groups is 1. The highest BCUT2D eigenvalue weighted by atomic mass is 35.5. The van der Waals surface area contributed by atoms with Crippen LogP contribution in [0.15, 0.2) is 58.5 Å². The van der Waals surface area contributed by atoms with Gasteiger partial charge in [-0.2, -0.15) is 9.41 Å². The Bertz CT molecular complexity index is 987. The average molecular weight is 468 g/mol. The summed E-state index contributed by atoms with van der Waals surface area (Å²) in [6, 6.07) is 13.0. The van der Waals surface area contributed by atoms with Crippen molar-refractivity contribution in [1.29, 1.82) is 0 Å². The number of hydrogen-bond acceptors (Lipinski definition) is 4. The van der Waals surface area contributed by atoms with Crippen LogP contribution in [0.4, 0.5) is 0 Å². The van der Waals surface area contributed by atoms with Gasteiger partial charge in [-0.1, -0.05) is 66.7 Å². The molecular formula is C21H23Cl2N3O3S. The number of hydrazone groups is 1. The van der Waals surface area contributed by atoms with E-state index in [2.05, 4.69) is 10.5 Å². The van der Waals surface area contributed by atoms with Gasteiger partial charge in [0.05, 0.1) is 27.7 Å². The van der Waals surface area contributed by atoms with Gasteiger partial charge in [0.1, 0.15) is 0 Å². The molecule has 0 radical (unpaired) electrons. The van der Waals surface area contributed by atoms with E-state index in [1.807, 2.05) is 0 Å². The van der Waals surface area contributed by atoms with Crippen LogP contribution < -0.4 is 5.43 Å². The lowest BCUT2D eigenvalue weighted by atomic mass is 9.95. The van der Waals surface area contributed by atoms with Gasteiger partial charge in [0, 0.05) is 11.6 Å². The van der Waals surface area contributed by atoms with Crippen molar-refractivity contribution < 1.29 is 13.2 Å². The first-order valence-corrected chi connectivity index (χ1v) is 11.9. The smallest absolute Gasteiger partial charge is 0.255 e. The van der Waals surface area contributed by atoms with Gasteiger partial charge in [-0.15, -0.1) is 0 Å². The molecule has 6 nitrogen and oxygen atoms in total. The number of sulfonamides is 1. The van der Waals surface area contributed by atoms with Crippen molar-refractivity contribution in [2.75, 3.05) is 6.54 Å². The first-order valence-electron chi connectivity index (χ1n) is 9.72. The molecule has 9 heteroatoms. The van der Waals surface area contributed by atoms with E-state index in [0.29, 0.717) is 15.6 Å². The first kappa shape index (κ1) is 22.7. The molecule has 1 fully saturated rings. The van der Waals surface area contributed by atoms with Gasteiger partial charge in [-0.05, 0) is 37.1 Å². The third kappa shape index (κ3) is 5.60. The number of benzene rings is 2. The molecule has 1 amide bonds. The molecule has 0 spiro atoms. The first-order chi connectivity index (χ1) is 14.4. The molecule has 0 unspecified atom stereocenters. The van der Waals surface area contributed by atoms with Crippen molar-refractivity contribution in [2.24, 2.45) is 5.10 Å². The second-order valence-electron chi connectivity index (χ2n) is 7.08. The average Bonchev–Trinajstić information content (AvgIpc) is 2.75. The predicted molar refractivity (Wildman–Crippen MR) is 119 cm³/mol. The lowest BCUT2D eigenvalue weighted by molar-refractivity contribution is -0.121. The van der Waals surface area contributed by atoms with Gasteiger partial charge in [0.15, 0.2) is 0 Å². The van der Waals surface area contributed by atoms with Crippen LogP contribution in [0.3, 0.4) is 0 Å². The Morgan fingerprint density at radius 1 is 1.03 bits per heavy atom. The molecule has 0 aliphatic heterocycles. The molecule has 160 valence electrons. The summed E-state index contributed by atoms with van der Waals surface area (Å²) in [7, 11) is -3.81. The highest BCUT2D eigenvalue weighted by molar-refractivity contribution is 7.89. The number of halogens is 2. The summed E-state index contributed by atoms with van der Waals surface area (Å²) in [5.41, 5.74) is 2.86. The predicted octanol–water partition coefficient (Wildman–Crippen LogP) is 4.47. The minimum absolute atomic E-state index is 0.176. The zero-order chi connectivity index (χ0) is 21.6. The molecule has 0 atom stereocenters. The van der Waals surface area contributed by atoms with Gasteiger partial charge < -0.3 is 0 Å². The fourth-order valence-electron chi connectivity index (χ4n) is 3.49. The van der Waals surface area contributed by atoms with Gasteiger partial charge in [0.25, 0.3) is 5.91 Å². The van der Waals surface area contributed by atoms with Crippen molar-refractivity contribution in [3.63, 3.8) is 0 Å². The van der Waals surface area contributed by atoms with Crippen LogP contribution in [0.1, 0.15) is 37.7 Å². The second kappa shape index (κ2) is 10.4. The van der Waals surface area contributed by atoms with Crippen LogP contribution in [0.25, 0.3) is 0 Å². The van der Waals surface area contributed by atoms with Crippen LogP contribution >= 0.6 is 23.2 Å². The van der Waals surface area contributed by atoms with Crippen molar-refractivity contribution in [3.05, 3.63) is 64.1 Å². The van der Waals surface area contributed by atoms with Gasteiger partial charge >= 0.3 is 0 Å². The normalized spacial score (nSPS) is 15.6. The Hall–Kier alpha value is -1.93. The van der Waals surface area contributed by atoms with Crippen LogP contribution in [-0.4, -0.2) is 37.4 Å². The van der Waals surface area contributed by atoms with E-state index < -0.39 is 15.9 Å². The maximum Gasteiger partial charge on any atom is 0.255 e. The molecule has 0 bridgehead atoms. The maximum absolute atomic E-state index is 13.2. The van der Waals surface area contributed by atoms with Gasteiger partial charge in [-0.3, -0.25) is 4.79 Å². The van der Waals surface area contributed by atoms with E-state index in [-0.39, 0.29) is 17.5 Å². The van der Waals surface area contributed by atoms with Gasteiger partial charge in [-0.25, -0.2) is 13.8 Å². The Morgan fingerprint density at radius 3 is 2.30 bits per heavy atom. The topological polar surface area (TPSA) is 78.8 Å². The van der Waals surface area contributed by atoms with Gasteiger partial charge in [0.2, 0.25) is 10.0 Å². The van der Waals surface area contributed by atoms with E-state index in [0.717, 1.165) is 32.1 Å². The Labute approximate surface area is 186 Å². The Balaban J connectivity index is 1.76. The molecular weight excluding hydrogens is 445 g/mol. The standard InChI is InChI=1S/C21H23Cl2N3O3S/c22-19-12-7-13-20(23)18(19)14-24-25-21(27)15-26(16-8-3-1-4-9-16)30(28,29)17-10-5-2-6-11-17/h2,5-7,10-14,16H,1,3-4,8-9,15H2,(H,25,27)/b24-14+. The van der Waals surface area contributed by atoms with Crippen molar-refractivity contribution in [2.45, 2.75) is 43.0 Å². The Morgan fingerprint density at radius 2 is 1.67 bits per heavy atom. The van der Waals surface area contributed by atoms with Crippen LogP contribution in [0.2, 0.25) is 10.0 Å². The lowest BCUT2D eigenvalue weighted by Crippen LogP contribution is -2.46. The molecule has 1 aliphatic rings. The minimum atomic E-state index is -3.81. The molecule has 1 saturated carbocycles. The zero-order valence-electron chi connectivity index (χ0n) is 16.3. The molecule has 30 heavy (non-hydrogen) atoms. The van der Waals surface area contributed by atoms with Crippen molar-refractivity contribution in [1.82, 2.24) is 9.73 Å². The SMILES string of the molecule is O=C(CN(C1CCCCC1)S(=O)(=O)c1ccccc1)N/N=C/c1c(Cl)cccc1Cl. The monoisotopic (exact) mass is 467 g/mol. The van der Waals surface area contributed by atoms with E-state index in [1.165, 1.54) is 10.5 Å². The molecule has 0 saturated heterocycles. The molecule has 3 rings (SSSR count). The highest BCUT2D eigenvalue weighted by Crippen LogP contribution is 2.27. The minimum Gasteiger partial charge on any atom is -0.272 e. The van der Waals surface area contributed by atoms with E-state index in [1.54, 1.807) is 48.5 Å². The summed E-state index contributed by atoms with van der Waals surface area (Å²) in [4.78, 5) is 12.7. The fourth-order valence-corrected chi connectivity index (χ4v) is 5.64. The number of hydrogen-bond donors (Lipinski definition) is 1. The second-order valence-corrected chi connectivity index (χ2v) is 9.79. The number of nitrogens with zero attached hydrogens (tertiary/aromatic N) is 2. The number of nitrogens with one attached hydrogen (secondary N) is 1. The number of carbonyl (C=O) groups excluding carboxylic acids is 1. The van der Waals surface area contributed by atoms with E-state index in [4.69, 9.17) is 23.2 Å². The largest absolute Gasteiger partial charge is 0.272 e. The summed E-state index contributed by atoms with van der Waals surface area (Å²) in [5, 5.41) is 4.70. The number of rotatable bonds is 7. The number of amides is 1. The highest BCUT2D eigenvalue weighted by Gasteiger charge is 2.33. The third-order valence-corrected chi connectivity index (χ3v) is 7.59. The molecule has 1 aliphatic carbocycles. The van der Waals surface area contributed by atoms with E-state index >= 15 is 0 Å². The molecule has 2 aromatic carbocycles. The summed E-state index contributed by atoms with van der Waals surface area (Å²) in [6.45, 7) is -0.310. The van der Waals surface area contributed by atoms with Crippen LogP contribution in [0, 0.1) is 0 Å². The molecule has 0 aromatic heterocycles. The molecule has 1 N–H and O–H groups in total. The van der Waals surface area contributed by atoms with Crippen molar-refractivity contribution >= 4 is 45.3 Å². The summed E-state index contributed by atoms with van der Waals surface area (Å²) in [6.07, 6.45) is 5.77.